The predicted octanol–water partition coefficient (Wildman–Crippen LogP) is 2.86. The number of rotatable bonds is 6. The summed E-state index contributed by atoms with van der Waals surface area (Å²) in [5, 5.41) is 10.8. The van der Waals surface area contributed by atoms with E-state index >= 15 is 0 Å². The highest BCUT2D eigenvalue weighted by Crippen LogP contribution is 2.18. The van der Waals surface area contributed by atoms with Crippen LogP contribution in [0.4, 0.5) is 4.39 Å². The Morgan fingerprint density at radius 2 is 2.13 bits per heavy atom. The highest BCUT2D eigenvalue weighted by molar-refractivity contribution is 7.07. The van der Waals surface area contributed by atoms with E-state index in [0.717, 1.165) is 18.1 Å². The van der Waals surface area contributed by atoms with Crippen molar-refractivity contribution in [3.63, 3.8) is 0 Å². The molecule has 4 nitrogen and oxygen atoms in total. The lowest BCUT2D eigenvalue weighted by molar-refractivity contribution is 0.297. The van der Waals surface area contributed by atoms with Crippen LogP contribution >= 0.6 is 11.3 Å². The molecule has 2 rings (SSSR count). The van der Waals surface area contributed by atoms with Crippen LogP contribution in [0.5, 0.6) is 0 Å². The first-order valence-electron chi connectivity index (χ1n) is 7.47. The maximum Gasteiger partial charge on any atom is 0.191 e. The number of thiophene rings is 1. The minimum atomic E-state index is -0.214. The molecule has 1 aromatic heterocycles. The smallest absolute Gasteiger partial charge is 0.191 e. The van der Waals surface area contributed by atoms with Crippen molar-refractivity contribution < 1.29 is 4.39 Å². The molecule has 0 spiro atoms. The third kappa shape index (κ3) is 5.33. The van der Waals surface area contributed by atoms with Crippen LogP contribution in [-0.2, 0) is 6.54 Å². The van der Waals surface area contributed by atoms with E-state index in [0.29, 0.717) is 6.54 Å². The van der Waals surface area contributed by atoms with E-state index in [-0.39, 0.29) is 11.9 Å². The molecule has 0 aliphatic rings. The lowest BCUT2D eigenvalue weighted by atomic mass is 10.1. The minimum absolute atomic E-state index is 0.0606. The van der Waals surface area contributed by atoms with E-state index in [1.54, 1.807) is 30.5 Å². The quantitative estimate of drug-likeness (QED) is 0.630. The van der Waals surface area contributed by atoms with Gasteiger partial charge in [-0.25, -0.2) is 4.39 Å². The van der Waals surface area contributed by atoms with Gasteiger partial charge >= 0.3 is 0 Å². The second-order valence-electron chi connectivity index (χ2n) is 5.47. The summed E-state index contributed by atoms with van der Waals surface area (Å²) in [6.07, 6.45) is 0. The highest BCUT2D eigenvalue weighted by Gasteiger charge is 2.15. The number of hydrogen-bond donors (Lipinski definition) is 2. The van der Waals surface area contributed by atoms with Gasteiger partial charge in [-0.1, -0.05) is 12.1 Å². The van der Waals surface area contributed by atoms with E-state index < -0.39 is 0 Å². The average Bonchev–Trinajstić information content (AvgIpc) is 3.03. The molecule has 23 heavy (non-hydrogen) atoms. The molecule has 1 aromatic carbocycles. The number of aliphatic imine (C=N–C) groups is 1. The van der Waals surface area contributed by atoms with E-state index in [2.05, 4.69) is 37.4 Å². The molecule has 0 aliphatic heterocycles. The minimum Gasteiger partial charge on any atom is -0.354 e. The van der Waals surface area contributed by atoms with Crippen molar-refractivity contribution in [2.24, 2.45) is 4.99 Å². The van der Waals surface area contributed by atoms with Gasteiger partial charge in [0.2, 0.25) is 0 Å². The number of guanidine groups is 1. The monoisotopic (exact) mass is 334 g/mol. The van der Waals surface area contributed by atoms with Gasteiger partial charge in [0.1, 0.15) is 5.82 Å². The first-order valence-corrected chi connectivity index (χ1v) is 8.42. The van der Waals surface area contributed by atoms with Crippen molar-refractivity contribution in [3.8, 4) is 0 Å². The molecule has 0 radical (unpaired) electrons. The van der Waals surface area contributed by atoms with Crippen molar-refractivity contribution in [1.29, 1.82) is 0 Å². The van der Waals surface area contributed by atoms with E-state index in [9.17, 15) is 4.39 Å². The van der Waals surface area contributed by atoms with Gasteiger partial charge in [-0.3, -0.25) is 4.99 Å². The van der Waals surface area contributed by atoms with Gasteiger partial charge in [0.15, 0.2) is 5.96 Å². The topological polar surface area (TPSA) is 39.7 Å². The van der Waals surface area contributed by atoms with Crippen LogP contribution in [0.15, 0.2) is 46.1 Å². The molecule has 6 heteroatoms. The zero-order valence-electron chi connectivity index (χ0n) is 13.7. The summed E-state index contributed by atoms with van der Waals surface area (Å²) in [5.41, 5.74) is 2.17. The van der Waals surface area contributed by atoms with Crippen molar-refractivity contribution >= 4 is 17.3 Å². The Balaban J connectivity index is 1.94. The van der Waals surface area contributed by atoms with Gasteiger partial charge < -0.3 is 15.5 Å². The summed E-state index contributed by atoms with van der Waals surface area (Å²) in [6, 6.07) is 8.87. The maximum absolute atomic E-state index is 13.5. The summed E-state index contributed by atoms with van der Waals surface area (Å²) >= 11 is 1.68. The van der Waals surface area contributed by atoms with Gasteiger partial charge in [0.05, 0.1) is 6.04 Å². The van der Waals surface area contributed by atoms with E-state index in [1.807, 2.05) is 20.2 Å². The third-order valence-corrected chi connectivity index (χ3v) is 4.32. The fraction of sp³-hybridized carbons (Fsp3) is 0.353. The van der Waals surface area contributed by atoms with Crippen molar-refractivity contribution in [2.75, 3.05) is 27.7 Å². The van der Waals surface area contributed by atoms with Crippen molar-refractivity contribution in [2.45, 2.75) is 12.6 Å². The second kappa shape index (κ2) is 8.64. The van der Waals surface area contributed by atoms with Gasteiger partial charge in [-0.2, -0.15) is 11.3 Å². The van der Waals surface area contributed by atoms with Gasteiger partial charge in [0, 0.05) is 20.1 Å². The zero-order valence-corrected chi connectivity index (χ0v) is 14.5. The third-order valence-electron chi connectivity index (χ3n) is 3.58. The standard InChI is InChI=1S/C17H23FN4S/c1-19-17(20-10-13-7-8-23-12-13)21-11-16(22(2)3)14-5-4-6-15(18)9-14/h4-9,12,16H,10-11H2,1-3H3,(H2,19,20,21). The highest BCUT2D eigenvalue weighted by atomic mass is 32.1. The van der Waals surface area contributed by atoms with Crippen molar-refractivity contribution in [3.05, 3.63) is 58.0 Å². The van der Waals surface area contributed by atoms with Crippen LogP contribution in [0, 0.1) is 5.82 Å². The van der Waals surface area contributed by atoms with Crippen LogP contribution in [0.2, 0.25) is 0 Å². The molecule has 0 saturated heterocycles. The molecular formula is C17H23FN4S. The Bertz CT molecular complexity index is 625. The van der Waals surface area contributed by atoms with Crippen LogP contribution in [0.1, 0.15) is 17.2 Å². The fourth-order valence-corrected chi connectivity index (χ4v) is 2.97. The second-order valence-corrected chi connectivity index (χ2v) is 6.25. The molecule has 0 fully saturated rings. The average molecular weight is 334 g/mol. The Kier molecular flexibility index (Phi) is 6.55. The largest absolute Gasteiger partial charge is 0.354 e. The van der Waals surface area contributed by atoms with Crippen LogP contribution in [0.25, 0.3) is 0 Å². The summed E-state index contributed by atoms with van der Waals surface area (Å²) in [4.78, 5) is 6.30. The first kappa shape index (κ1) is 17.4. The van der Waals surface area contributed by atoms with Gasteiger partial charge in [-0.05, 0) is 54.2 Å². The lowest BCUT2D eigenvalue weighted by Gasteiger charge is -2.26. The number of halogens is 1. The van der Waals surface area contributed by atoms with E-state index in [4.69, 9.17) is 0 Å². The Morgan fingerprint density at radius 1 is 1.30 bits per heavy atom. The molecule has 0 saturated carbocycles. The molecule has 1 unspecified atom stereocenters. The lowest BCUT2D eigenvalue weighted by Crippen LogP contribution is -2.41. The number of likely N-dealkylation sites (N-methyl/N-ethyl adjacent to an activating group) is 1. The normalized spacial score (nSPS) is 13.2. The molecule has 2 N–H and O–H groups in total. The van der Waals surface area contributed by atoms with Crippen LogP contribution in [-0.4, -0.2) is 38.5 Å². The zero-order chi connectivity index (χ0) is 16.7. The summed E-state index contributed by atoms with van der Waals surface area (Å²) < 4.78 is 13.5. The fourth-order valence-electron chi connectivity index (χ4n) is 2.31. The maximum atomic E-state index is 13.5. The predicted molar refractivity (Wildman–Crippen MR) is 95.3 cm³/mol. The molecular weight excluding hydrogens is 311 g/mol. The molecule has 1 heterocycles. The molecule has 124 valence electrons. The van der Waals surface area contributed by atoms with Crippen LogP contribution in [0.3, 0.4) is 0 Å². The number of benzene rings is 1. The molecule has 0 amide bonds. The summed E-state index contributed by atoms with van der Waals surface area (Å²) in [7, 11) is 5.72. The molecule has 0 aliphatic carbocycles. The molecule has 0 bridgehead atoms. The molecule has 2 aromatic rings. The first-order chi connectivity index (χ1) is 11.1. The van der Waals surface area contributed by atoms with Crippen LogP contribution < -0.4 is 10.6 Å². The number of nitrogens with zero attached hydrogens (tertiary/aromatic N) is 2. The SMILES string of the molecule is CN=C(NCc1ccsc1)NCC(c1cccc(F)c1)N(C)C. The van der Waals surface area contributed by atoms with Crippen molar-refractivity contribution in [1.82, 2.24) is 15.5 Å². The Morgan fingerprint density at radius 3 is 2.74 bits per heavy atom. The van der Waals surface area contributed by atoms with Gasteiger partial charge in [-0.15, -0.1) is 0 Å². The Hall–Kier alpha value is -1.92. The summed E-state index contributed by atoms with van der Waals surface area (Å²) in [5.74, 6) is 0.522. The van der Waals surface area contributed by atoms with Gasteiger partial charge in [0.25, 0.3) is 0 Å². The number of hydrogen-bond acceptors (Lipinski definition) is 3. The Labute approximate surface area is 141 Å². The van der Waals surface area contributed by atoms with E-state index in [1.165, 1.54) is 11.6 Å². The molecule has 1 atom stereocenters. The summed E-state index contributed by atoms with van der Waals surface area (Å²) in [6.45, 7) is 1.37. The number of nitrogens with one attached hydrogen (secondary N) is 2.